The van der Waals surface area contributed by atoms with Gasteiger partial charge in [0.1, 0.15) is 11.2 Å². The maximum Gasteiger partial charge on any atom is 0.161 e. The average Bonchev–Trinajstić information content (AvgIpc) is 3.82. The molecule has 0 spiro atoms. The Morgan fingerprint density at radius 1 is 0.345 bits per heavy atom. The molecule has 3 aromatic heterocycles. The molecular formula is C54H33N3O. The van der Waals surface area contributed by atoms with Crippen LogP contribution in [0.5, 0.6) is 0 Å². The smallest absolute Gasteiger partial charge is 0.161 e. The summed E-state index contributed by atoms with van der Waals surface area (Å²) in [4.78, 5) is 10.8. The zero-order valence-corrected chi connectivity index (χ0v) is 31.3. The first-order valence-electron chi connectivity index (χ1n) is 19.7. The van der Waals surface area contributed by atoms with Crippen molar-refractivity contribution in [3.8, 4) is 50.7 Å². The van der Waals surface area contributed by atoms with Crippen LogP contribution in [0.1, 0.15) is 0 Å². The molecule has 0 atom stereocenters. The maximum atomic E-state index is 6.35. The number of fused-ring (bicyclic) bond motifs is 8. The summed E-state index contributed by atoms with van der Waals surface area (Å²) in [5.41, 5.74) is 12.0. The molecule has 9 aromatic carbocycles. The zero-order valence-electron chi connectivity index (χ0n) is 31.3. The molecule has 0 N–H and O–H groups in total. The number of para-hydroxylation sites is 2. The Kier molecular flexibility index (Phi) is 7.20. The lowest BCUT2D eigenvalue weighted by molar-refractivity contribution is 0.669. The lowest BCUT2D eigenvalue weighted by Gasteiger charge is -2.20. The molecule has 0 aliphatic heterocycles. The number of aromatic nitrogens is 3. The van der Waals surface area contributed by atoms with Gasteiger partial charge in [0.2, 0.25) is 0 Å². The molecule has 12 rings (SSSR count). The number of hydrogen-bond donors (Lipinski definition) is 0. The summed E-state index contributed by atoms with van der Waals surface area (Å²) in [6.45, 7) is 0. The van der Waals surface area contributed by atoms with E-state index in [0.29, 0.717) is 5.82 Å². The van der Waals surface area contributed by atoms with Gasteiger partial charge in [0, 0.05) is 49.2 Å². The van der Waals surface area contributed by atoms with Gasteiger partial charge in [-0.3, -0.25) is 0 Å². The molecule has 3 heterocycles. The van der Waals surface area contributed by atoms with Gasteiger partial charge in [0.15, 0.2) is 5.82 Å². The first kappa shape index (κ1) is 32.4. The second kappa shape index (κ2) is 12.9. The van der Waals surface area contributed by atoms with Crippen molar-refractivity contribution in [3.05, 3.63) is 200 Å². The Bertz CT molecular complexity index is 3560. The highest BCUT2D eigenvalue weighted by Crippen LogP contribution is 2.44. The van der Waals surface area contributed by atoms with E-state index >= 15 is 0 Å². The van der Waals surface area contributed by atoms with E-state index in [1.807, 2.05) is 18.2 Å². The summed E-state index contributed by atoms with van der Waals surface area (Å²) < 4.78 is 8.83. The topological polar surface area (TPSA) is 43.9 Å². The van der Waals surface area contributed by atoms with Gasteiger partial charge in [-0.15, -0.1) is 0 Å². The molecule has 4 nitrogen and oxygen atoms in total. The van der Waals surface area contributed by atoms with Crippen LogP contribution in [0.4, 0.5) is 0 Å². The van der Waals surface area contributed by atoms with Crippen molar-refractivity contribution in [3.63, 3.8) is 0 Å². The van der Waals surface area contributed by atoms with Crippen molar-refractivity contribution in [1.82, 2.24) is 14.5 Å². The Morgan fingerprint density at radius 2 is 0.948 bits per heavy atom. The molecule has 0 bridgehead atoms. The van der Waals surface area contributed by atoms with Crippen molar-refractivity contribution in [2.75, 3.05) is 0 Å². The fourth-order valence-corrected chi connectivity index (χ4v) is 8.88. The number of furan rings is 1. The summed E-state index contributed by atoms with van der Waals surface area (Å²) in [7, 11) is 0. The van der Waals surface area contributed by atoms with Crippen LogP contribution < -0.4 is 0 Å². The predicted octanol–water partition coefficient (Wildman–Crippen LogP) is 14.4. The number of rotatable bonds is 5. The van der Waals surface area contributed by atoms with E-state index in [1.54, 1.807) is 0 Å². The van der Waals surface area contributed by atoms with E-state index < -0.39 is 0 Å². The molecular weight excluding hydrogens is 707 g/mol. The molecule has 0 saturated heterocycles. The molecule has 12 aromatic rings. The Morgan fingerprint density at radius 3 is 1.74 bits per heavy atom. The molecule has 0 aliphatic carbocycles. The van der Waals surface area contributed by atoms with Crippen LogP contribution in [0.2, 0.25) is 0 Å². The molecule has 0 radical (unpaired) electrons. The predicted molar refractivity (Wildman–Crippen MR) is 240 cm³/mol. The quantitative estimate of drug-likeness (QED) is 0.177. The van der Waals surface area contributed by atoms with Gasteiger partial charge < -0.3 is 8.98 Å². The summed E-state index contributed by atoms with van der Waals surface area (Å²) in [5, 5.41) is 9.28. The lowest BCUT2D eigenvalue weighted by atomic mass is 9.93. The van der Waals surface area contributed by atoms with Crippen molar-refractivity contribution >= 4 is 65.3 Å². The SMILES string of the molecule is c1ccc(-c2cc(-c3ccc4c(c3)oc3ccccc34)nc(-c3cc(-c4ccccc4)c(-n4c5ccccc5c5cc6ccccc6cc54)c4ccccc34)n2)cc1. The van der Waals surface area contributed by atoms with E-state index in [0.717, 1.165) is 83.1 Å². The van der Waals surface area contributed by atoms with Crippen LogP contribution in [0, 0.1) is 0 Å². The van der Waals surface area contributed by atoms with E-state index in [9.17, 15) is 0 Å². The Labute approximate surface area is 333 Å². The average molecular weight is 740 g/mol. The minimum absolute atomic E-state index is 0.661. The summed E-state index contributed by atoms with van der Waals surface area (Å²) >= 11 is 0. The van der Waals surface area contributed by atoms with E-state index in [1.165, 1.54) is 27.1 Å². The van der Waals surface area contributed by atoms with Crippen LogP contribution in [-0.4, -0.2) is 14.5 Å². The first-order valence-corrected chi connectivity index (χ1v) is 19.7. The van der Waals surface area contributed by atoms with Gasteiger partial charge in [-0.2, -0.15) is 0 Å². The van der Waals surface area contributed by atoms with Gasteiger partial charge in [-0.05, 0) is 70.3 Å². The highest BCUT2D eigenvalue weighted by atomic mass is 16.3. The monoisotopic (exact) mass is 739 g/mol. The van der Waals surface area contributed by atoms with Gasteiger partial charge in [-0.25, -0.2) is 9.97 Å². The van der Waals surface area contributed by atoms with Crippen molar-refractivity contribution in [1.29, 1.82) is 0 Å². The Hall–Kier alpha value is -7.82. The van der Waals surface area contributed by atoms with Crippen LogP contribution in [-0.2, 0) is 0 Å². The number of hydrogen-bond acceptors (Lipinski definition) is 3. The lowest BCUT2D eigenvalue weighted by Crippen LogP contribution is -2.02. The summed E-state index contributed by atoms with van der Waals surface area (Å²) in [5.74, 6) is 0.661. The molecule has 4 heteroatoms. The molecule has 58 heavy (non-hydrogen) atoms. The maximum absolute atomic E-state index is 6.35. The van der Waals surface area contributed by atoms with Crippen LogP contribution >= 0.6 is 0 Å². The minimum atomic E-state index is 0.661. The third kappa shape index (κ3) is 5.09. The molecule has 0 fully saturated rings. The Balaban J connectivity index is 1.17. The normalized spacial score (nSPS) is 11.8. The minimum Gasteiger partial charge on any atom is -0.456 e. The van der Waals surface area contributed by atoms with E-state index in [4.69, 9.17) is 14.4 Å². The standard InChI is InChI=1S/C54H33N3O/c1-3-15-34(16-4-1)44-32-46(39-21-9-10-24-43(39)53(44)57-49-25-13-11-22-40(49)45-29-36-19-7-8-20-37(36)30-50(45)57)54-55-47(35-17-5-2-6-18-35)33-48(56-54)38-27-28-42-41-23-12-14-26-51(41)58-52(42)31-38/h1-33H. The van der Waals surface area contributed by atoms with Crippen molar-refractivity contribution in [2.45, 2.75) is 0 Å². The molecule has 0 saturated carbocycles. The van der Waals surface area contributed by atoms with Gasteiger partial charge in [0.25, 0.3) is 0 Å². The number of nitrogens with zero attached hydrogens (tertiary/aromatic N) is 3. The van der Waals surface area contributed by atoms with Gasteiger partial charge in [0.05, 0.1) is 28.1 Å². The van der Waals surface area contributed by atoms with Crippen LogP contribution in [0.3, 0.4) is 0 Å². The largest absolute Gasteiger partial charge is 0.456 e. The highest BCUT2D eigenvalue weighted by molar-refractivity contribution is 6.16. The fraction of sp³-hybridized carbons (Fsp3) is 0. The third-order valence-electron chi connectivity index (χ3n) is 11.6. The van der Waals surface area contributed by atoms with Crippen LogP contribution in [0.15, 0.2) is 205 Å². The first-order chi connectivity index (χ1) is 28.7. The van der Waals surface area contributed by atoms with Crippen molar-refractivity contribution < 1.29 is 4.42 Å². The number of benzene rings is 9. The van der Waals surface area contributed by atoms with E-state index in [-0.39, 0.29) is 0 Å². The molecule has 270 valence electrons. The molecule has 0 aliphatic rings. The molecule has 0 unspecified atom stereocenters. The van der Waals surface area contributed by atoms with Crippen LogP contribution in [0.25, 0.3) is 116 Å². The van der Waals surface area contributed by atoms with E-state index in [2.05, 4.69) is 187 Å². The molecule has 0 amide bonds. The highest BCUT2D eigenvalue weighted by Gasteiger charge is 2.23. The summed E-state index contributed by atoms with van der Waals surface area (Å²) in [6.07, 6.45) is 0. The zero-order chi connectivity index (χ0) is 38.2. The third-order valence-corrected chi connectivity index (χ3v) is 11.6. The van der Waals surface area contributed by atoms with Gasteiger partial charge in [-0.1, -0.05) is 152 Å². The van der Waals surface area contributed by atoms with Gasteiger partial charge >= 0.3 is 0 Å². The summed E-state index contributed by atoms with van der Waals surface area (Å²) in [6, 6.07) is 70.9. The second-order valence-electron chi connectivity index (χ2n) is 14.9. The van der Waals surface area contributed by atoms with Crippen molar-refractivity contribution in [2.24, 2.45) is 0 Å². The fourth-order valence-electron chi connectivity index (χ4n) is 8.88. The second-order valence-corrected chi connectivity index (χ2v) is 14.9.